The third-order valence-electron chi connectivity index (χ3n) is 0.525. The molecular weight excluding hydrogens is 249 g/mol. The van der Waals surface area contributed by atoms with E-state index in [1.54, 1.807) is 0 Å². The third-order valence-corrected chi connectivity index (χ3v) is 4.72. The van der Waals surface area contributed by atoms with Crippen LogP contribution in [0.15, 0.2) is 0 Å². The molecule has 0 saturated heterocycles. The molecule has 0 amide bonds. The minimum absolute atomic E-state index is 0.486. The van der Waals surface area contributed by atoms with Crippen LogP contribution in [0.25, 0.3) is 0 Å². The van der Waals surface area contributed by atoms with Crippen molar-refractivity contribution in [2.24, 2.45) is 0 Å². The first kappa shape index (κ1) is 17.0. The second-order valence-electron chi connectivity index (χ2n) is 3.54. The van der Waals surface area contributed by atoms with Crippen LogP contribution in [0.5, 0.6) is 0 Å². The number of rotatable bonds is 2. The first-order valence-electron chi connectivity index (χ1n) is 3.57. The highest BCUT2D eigenvalue weighted by atomic mass is 31.2. The lowest BCUT2D eigenvalue weighted by Crippen LogP contribution is -1.86. The fraction of sp³-hybridized carbons (Fsp3) is 1.00. The predicted molar refractivity (Wildman–Crippen MR) is 58.0 cm³/mol. The van der Waals surface area contributed by atoms with Gasteiger partial charge in [0.15, 0.2) is 7.37 Å². The molecule has 0 aliphatic rings. The molecule has 0 aromatic heterocycles. The monoisotopic (exact) mass is 266 g/mol. The van der Waals surface area contributed by atoms with Gasteiger partial charge in [-0.15, -0.1) is 0 Å². The molecule has 0 bridgehead atoms. The Bertz CT molecular complexity index is 264. The van der Waals surface area contributed by atoms with E-state index in [9.17, 15) is 13.7 Å². The van der Waals surface area contributed by atoms with E-state index in [0.29, 0.717) is 0 Å². The molecule has 0 aromatic rings. The highest BCUT2D eigenvalue weighted by Crippen LogP contribution is 2.52. The molecule has 2 unspecified atom stereocenters. The van der Waals surface area contributed by atoms with Crippen molar-refractivity contribution in [1.29, 1.82) is 0 Å². The molecular formula is C5H17O6P3. The minimum Gasteiger partial charge on any atom is -0.345 e. The van der Waals surface area contributed by atoms with Gasteiger partial charge in [0.25, 0.3) is 0 Å². The van der Waals surface area contributed by atoms with E-state index in [2.05, 4.69) is 0 Å². The molecule has 2 atom stereocenters. The minimum atomic E-state index is -3.30. The molecule has 0 aliphatic carbocycles. The van der Waals surface area contributed by atoms with Crippen molar-refractivity contribution in [3.8, 4) is 0 Å². The summed E-state index contributed by atoms with van der Waals surface area (Å²) < 4.78 is 30.7. The molecule has 14 heavy (non-hydrogen) atoms. The van der Waals surface area contributed by atoms with Crippen LogP contribution in [0, 0.1) is 0 Å². The SMILES string of the molecule is CP(=O)(O)CP(C)(=O)O.CP(C)(=O)O. The zero-order chi connectivity index (χ0) is 12.2. The van der Waals surface area contributed by atoms with E-state index < -0.39 is 28.0 Å². The Balaban J connectivity index is 0. The van der Waals surface area contributed by atoms with Gasteiger partial charge in [0, 0.05) is 26.7 Å². The quantitative estimate of drug-likeness (QED) is 0.648. The van der Waals surface area contributed by atoms with Crippen molar-refractivity contribution < 1.29 is 28.4 Å². The van der Waals surface area contributed by atoms with Crippen molar-refractivity contribution >= 4 is 22.1 Å². The van der Waals surface area contributed by atoms with Crippen LogP contribution in [-0.2, 0) is 13.7 Å². The molecule has 0 saturated carbocycles. The highest BCUT2D eigenvalue weighted by Gasteiger charge is 2.21. The van der Waals surface area contributed by atoms with Crippen molar-refractivity contribution in [3.63, 3.8) is 0 Å². The van der Waals surface area contributed by atoms with Gasteiger partial charge >= 0.3 is 0 Å². The molecule has 0 radical (unpaired) electrons. The molecule has 9 heteroatoms. The van der Waals surface area contributed by atoms with Gasteiger partial charge in [0.1, 0.15) is 5.90 Å². The Morgan fingerprint density at radius 1 is 0.786 bits per heavy atom. The van der Waals surface area contributed by atoms with Crippen LogP contribution in [0.1, 0.15) is 0 Å². The van der Waals surface area contributed by atoms with Crippen molar-refractivity contribution in [3.05, 3.63) is 0 Å². The Hall–Kier alpha value is 0.570. The standard InChI is InChI=1S/C3H10O4P2.C2H7O2P/c1-8(4,5)3-9(2,6)7;1-5(2,3)4/h3H2,1-2H3,(H,4,5)(H,6,7);1-2H3,(H,3,4). The van der Waals surface area contributed by atoms with Crippen LogP contribution >= 0.6 is 22.1 Å². The Labute approximate surface area is 83.7 Å². The van der Waals surface area contributed by atoms with Crippen molar-refractivity contribution in [2.45, 2.75) is 0 Å². The van der Waals surface area contributed by atoms with E-state index in [1.807, 2.05) is 0 Å². The summed E-state index contributed by atoms with van der Waals surface area (Å²) >= 11 is 0. The van der Waals surface area contributed by atoms with Gasteiger partial charge in [-0.3, -0.25) is 13.7 Å². The molecule has 0 aromatic carbocycles. The van der Waals surface area contributed by atoms with Gasteiger partial charge < -0.3 is 14.7 Å². The predicted octanol–water partition coefficient (Wildman–Crippen LogP) is 1.26. The van der Waals surface area contributed by atoms with Crippen LogP contribution in [0.3, 0.4) is 0 Å². The molecule has 88 valence electrons. The lowest BCUT2D eigenvalue weighted by molar-refractivity contribution is 0.473. The van der Waals surface area contributed by atoms with Gasteiger partial charge in [-0.25, -0.2) is 0 Å². The van der Waals surface area contributed by atoms with Crippen LogP contribution in [0.4, 0.5) is 0 Å². The molecule has 0 rings (SSSR count). The van der Waals surface area contributed by atoms with E-state index in [1.165, 1.54) is 13.3 Å². The average molecular weight is 266 g/mol. The normalized spacial score (nSPS) is 19.9. The van der Waals surface area contributed by atoms with Gasteiger partial charge in [-0.2, -0.15) is 0 Å². The Kier molecular flexibility index (Phi) is 6.79. The lowest BCUT2D eigenvalue weighted by Gasteiger charge is -2.06. The maximum atomic E-state index is 10.5. The molecule has 0 aliphatic heterocycles. The summed E-state index contributed by atoms with van der Waals surface area (Å²) in [5.74, 6) is -0.486. The van der Waals surface area contributed by atoms with E-state index >= 15 is 0 Å². The highest BCUT2D eigenvalue weighted by molar-refractivity contribution is 7.74. The summed E-state index contributed by atoms with van der Waals surface area (Å²) in [5.41, 5.74) is 0. The summed E-state index contributed by atoms with van der Waals surface area (Å²) in [5, 5.41) is 0. The lowest BCUT2D eigenvalue weighted by atomic mass is 11.9. The molecule has 3 N–H and O–H groups in total. The van der Waals surface area contributed by atoms with Gasteiger partial charge in [-0.1, -0.05) is 0 Å². The number of hydrogen-bond donors (Lipinski definition) is 3. The zero-order valence-electron chi connectivity index (χ0n) is 8.62. The second kappa shape index (κ2) is 5.60. The average Bonchev–Trinajstić information content (AvgIpc) is 1.42. The molecule has 0 fully saturated rings. The first-order valence-corrected chi connectivity index (χ1v) is 10.7. The van der Waals surface area contributed by atoms with E-state index in [4.69, 9.17) is 14.7 Å². The zero-order valence-corrected chi connectivity index (χ0v) is 11.3. The van der Waals surface area contributed by atoms with Gasteiger partial charge in [0.2, 0.25) is 14.7 Å². The van der Waals surface area contributed by atoms with E-state index in [-0.39, 0.29) is 0 Å². The van der Waals surface area contributed by atoms with E-state index in [0.717, 1.165) is 13.3 Å². The van der Waals surface area contributed by atoms with Crippen LogP contribution < -0.4 is 0 Å². The number of hydrogen-bond acceptors (Lipinski definition) is 3. The third kappa shape index (κ3) is 39.0. The maximum absolute atomic E-state index is 10.5. The smallest absolute Gasteiger partial charge is 0.207 e. The largest absolute Gasteiger partial charge is 0.345 e. The molecule has 0 spiro atoms. The summed E-state index contributed by atoms with van der Waals surface area (Å²) in [4.78, 5) is 25.2. The fourth-order valence-corrected chi connectivity index (χ4v) is 4.38. The summed E-state index contributed by atoms with van der Waals surface area (Å²) in [6.45, 7) is 4.73. The first-order chi connectivity index (χ1) is 5.71. The Morgan fingerprint density at radius 2 is 0.929 bits per heavy atom. The summed E-state index contributed by atoms with van der Waals surface area (Å²) in [6, 6.07) is 0. The van der Waals surface area contributed by atoms with Crippen molar-refractivity contribution in [1.82, 2.24) is 0 Å². The maximum Gasteiger partial charge on any atom is 0.207 e. The Morgan fingerprint density at radius 3 is 0.929 bits per heavy atom. The molecule has 6 nitrogen and oxygen atoms in total. The summed E-state index contributed by atoms with van der Waals surface area (Å²) in [6.07, 6.45) is 0. The second-order valence-corrected chi connectivity index (χ2v) is 11.5. The van der Waals surface area contributed by atoms with Gasteiger partial charge in [0.05, 0.1) is 0 Å². The fourth-order valence-electron chi connectivity index (χ4n) is 0.487. The summed E-state index contributed by atoms with van der Waals surface area (Å²) in [7, 11) is -9.24. The van der Waals surface area contributed by atoms with Crippen LogP contribution in [-0.4, -0.2) is 47.2 Å². The van der Waals surface area contributed by atoms with Gasteiger partial charge in [-0.05, 0) is 0 Å². The topological polar surface area (TPSA) is 112 Å². The van der Waals surface area contributed by atoms with Crippen molar-refractivity contribution in [2.75, 3.05) is 32.6 Å². The van der Waals surface area contributed by atoms with Crippen LogP contribution in [0.2, 0.25) is 0 Å². The molecule has 0 heterocycles.